The minimum absolute atomic E-state index is 0.0693. The van der Waals surface area contributed by atoms with Crippen molar-refractivity contribution in [3.63, 3.8) is 0 Å². The zero-order valence-electron chi connectivity index (χ0n) is 20.2. The maximum absolute atomic E-state index is 12.1. The van der Waals surface area contributed by atoms with Crippen LogP contribution in [0.25, 0.3) is 0 Å². The summed E-state index contributed by atoms with van der Waals surface area (Å²) in [6.07, 6.45) is 0.0693. The van der Waals surface area contributed by atoms with Gasteiger partial charge >= 0.3 is 5.97 Å². The van der Waals surface area contributed by atoms with Crippen LogP contribution in [0.15, 0.2) is 78.9 Å². The lowest BCUT2D eigenvalue weighted by molar-refractivity contribution is -0.142. The molecular weight excluding hydrogens is 462 g/mol. The summed E-state index contributed by atoms with van der Waals surface area (Å²) in [4.78, 5) is 23.9. The number of hydrogen-bond acceptors (Lipinski definition) is 6. The summed E-state index contributed by atoms with van der Waals surface area (Å²) >= 11 is 0. The topological polar surface area (TPSA) is 103 Å². The van der Waals surface area contributed by atoms with Gasteiger partial charge in [0.1, 0.15) is 25.9 Å². The number of carboxylic acids is 1. The normalized spacial score (nSPS) is 11.5. The first-order valence-corrected chi connectivity index (χ1v) is 11.6. The molecule has 8 nitrogen and oxygen atoms in total. The van der Waals surface area contributed by atoms with Gasteiger partial charge < -0.3 is 29.4 Å². The van der Waals surface area contributed by atoms with Gasteiger partial charge in [0.25, 0.3) is 0 Å². The second-order valence-electron chi connectivity index (χ2n) is 8.04. The fraction of sp³-hybridized carbons (Fsp3) is 0.286. The third kappa shape index (κ3) is 9.05. The molecule has 0 aliphatic heterocycles. The van der Waals surface area contributed by atoms with Gasteiger partial charge in [0.15, 0.2) is 11.5 Å². The largest absolute Gasteiger partial charge is 0.485 e. The van der Waals surface area contributed by atoms with Crippen LogP contribution in [0.4, 0.5) is 0 Å². The predicted molar refractivity (Wildman–Crippen MR) is 134 cm³/mol. The number of carboxylic acid groups (broad SMARTS) is 1. The Balaban J connectivity index is 1.70. The highest BCUT2D eigenvalue weighted by atomic mass is 16.5. The number of benzene rings is 3. The molecule has 0 saturated heterocycles. The monoisotopic (exact) mass is 493 g/mol. The molecule has 0 heterocycles. The first kappa shape index (κ1) is 26.7. The van der Waals surface area contributed by atoms with Gasteiger partial charge in [-0.15, -0.1) is 0 Å². The van der Waals surface area contributed by atoms with Gasteiger partial charge in [-0.05, 0) is 28.8 Å². The number of methoxy groups -OCH3 is 1. The first-order chi connectivity index (χ1) is 17.5. The van der Waals surface area contributed by atoms with E-state index < -0.39 is 17.9 Å². The molecule has 8 heteroatoms. The molecule has 190 valence electrons. The molecule has 0 bridgehead atoms. The van der Waals surface area contributed by atoms with Gasteiger partial charge in [-0.2, -0.15) is 0 Å². The van der Waals surface area contributed by atoms with Crippen molar-refractivity contribution in [1.82, 2.24) is 5.32 Å². The zero-order valence-corrected chi connectivity index (χ0v) is 20.2. The van der Waals surface area contributed by atoms with Crippen molar-refractivity contribution in [2.24, 2.45) is 0 Å². The Morgan fingerprint density at radius 2 is 1.42 bits per heavy atom. The second kappa shape index (κ2) is 14.5. The smallest absolute Gasteiger partial charge is 0.326 e. The number of aliphatic carboxylic acids is 1. The molecule has 36 heavy (non-hydrogen) atoms. The summed E-state index contributed by atoms with van der Waals surface area (Å²) in [6.45, 7) is 1.03. The number of rotatable bonds is 15. The standard InChI is InChI=1S/C28H31NO7/c1-33-14-15-34-20-27(30)29-24(28(31)32)16-23-12-13-25(35-18-21-8-4-2-5-9-21)26(17-23)36-19-22-10-6-3-7-11-22/h2-13,17,24H,14-16,18-20H2,1H3,(H,29,30)(H,31,32)/t24-/m0/s1. The van der Waals surface area contributed by atoms with Crippen molar-refractivity contribution in [1.29, 1.82) is 0 Å². The Morgan fingerprint density at radius 1 is 0.806 bits per heavy atom. The Bertz CT molecular complexity index is 1090. The van der Waals surface area contributed by atoms with E-state index in [1.165, 1.54) is 7.11 Å². The molecule has 3 rings (SSSR count). The van der Waals surface area contributed by atoms with Gasteiger partial charge in [-0.3, -0.25) is 4.79 Å². The Kier molecular flexibility index (Phi) is 10.8. The summed E-state index contributed by atoms with van der Waals surface area (Å²) < 4.78 is 22.1. The van der Waals surface area contributed by atoms with Gasteiger partial charge in [-0.25, -0.2) is 4.79 Å². The predicted octanol–water partition coefficient (Wildman–Crippen LogP) is 3.62. The molecule has 1 amide bonds. The molecule has 1 atom stereocenters. The Labute approximate surface area is 210 Å². The lowest BCUT2D eigenvalue weighted by Gasteiger charge is -2.17. The Hall–Kier alpha value is -3.88. The van der Waals surface area contributed by atoms with Gasteiger partial charge in [-0.1, -0.05) is 66.7 Å². The zero-order chi connectivity index (χ0) is 25.6. The molecule has 0 spiro atoms. The van der Waals surface area contributed by atoms with Crippen LogP contribution in [-0.2, 0) is 38.7 Å². The van der Waals surface area contributed by atoms with Crippen LogP contribution < -0.4 is 14.8 Å². The summed E-state index contributed by atoms with van der Waals surface area (Å²) in [5, 5.41) is 12.2. The molecule has 0 radical (unpaired) electrons. The van der Waals surface area contributed by atoms with Crippen molar-refractivity contribution in [3.05, 3.63) is 95.6 Å². The van der Waals surface area contributed by atoms with Crippen LogP contribution >= 0.6 is 0 Å². The van der Waals surface area contributed by atoms with Crippen LogP contribution in [0.5, 0.6) is 11.5 Å². The molecule has 0 aliphatic rings. The third-order valence-electron chi connectivity index (χ3n) is 5.22. The number of amides is 1. The average Bonchev–Trinajstić information content (AvgIpc) is 2.90. The highest BCUT2D eigenvalue weighted by molar-refractivity contribution is 5.84. The van der Waals surface area contributed by atoms with Crippen LogP contribution in [0, 0.1) is 0 Å². The SMILES string of the molecule is COCCOCC(=O)N[C@@H](Cc1ccc(OCc2ccccc2)c(OCc2ccccc2)c1)C(=O)O. The van der Waals surface area contributed by atoms with E-state index in [2.05, 4.69) is 5.32 Å². The highest BCUT2D eigenvalue weighted by Crippen LogP contribution is 2.30. The van der Waals surface area contributed by atoms with Crippen LogP contribution in [0.3, 0.4) is 0 Å². The van der Waals surface area contributed by atoms with E-state index in [1.54, 1.807) is 18.2 Å². The van der Waals surface area contributed by atoms with Crippen molar-refractivity contribution < 1.29 is 33.6 Å². The third-order valence-corrected chi connectivity index (χ3v) is 5.22. The maximum atomic E-state index is 12.1. The van der Waals surface area contributed by atoms with Gasteiger partial charge in [0.05, 0.1) is 13.2 Å². The molecule has 0 aliphatic carbocycles. The summed E-state index contributed by atoms with van der Waals surface area (Å²) in [5.41, 5.74) is 2.68. The lowest BCUT2D eigenvalue weighted by Crippen LogP contribution is -2.44. The minimum Gasteiger partial charge on any atom is -0.485 e. The average molecular weight is 494 g/mol. The van der Waals surface area contributed by atoms with E-state index in [9.17, 15) is 14.7 Å². The van der Waals surface area contributed by atoms with E-state index in [1.807, 2.05) is 60.7 Å². The van der Waals surface area contributed by atoms with E-state index in [4.69, 9.17) is 18.9 Å². The van der Waals surface area contributed by atoms with Gasteiger partial charge in [0.2, 0.25) is 5.91 Å². The molecule has 0 aromatic heterocycles. The maximum Gasteiger partial charge on any atom is 0.326 e. The number of ether oxygens (including phenoxy) is 4. The fourth-order valence-corrected chi connectivity index (χ4v) is 3.36. The fourth-order valence-electron chi connectivity index (χ4n) is 3.36. The van der Waals surface area contributed by atoms with Gasteiger partial charge in [0, 0.05) is 13.5 Å². The van der Waals surface area contributed by atoms with Crippen molar-refractivity contribution in [2.75, 3.05) is 26.9 Å². The second-order valence-corrected chi connectivity index (χ2v) is 8.04. The quantitative estimate of drug-likeness (QED) is 0.312. The van der Waals surface area contributed by atoms with E-state index in [-0.39, 0.29) is 19.6 Å². The molecule has 3 aromatic rings. The minimum atomic E-state index is -1.14. The molecule has 3 aromatic carbocycles. The van der Waals surface area contributed by atoms with Crippen LogP contribution in [-0.4, -0.2) is 50.0 Å². The van der Waals surface area contributed by atoms with E-state index in [0.717, 1.165) is 11.1 Å². The lowest BCUT2D eigenvalue weighted by atomic mass is 10.1. The molecule has 0 saturated carbocycles. The number of nitrogens with one attached hydrogen (secondary N) is 1. The number of hydrogen-bond donors (Lipinski definition) is 2. The number of carbonyl (C=O) groups is 2. The van der Waals surface area contributed by atoms with Crippen LogP contribution in [0.1, 0.15) is 16.7 Å². The summed E-state index contributed by atoms with van der Waals surface area (Å²) in [5.74, 6) is -0.620. The molecule has 0 fully saturated rings. The van der Waals surface area contributed by atoms with Crippen LogP contribution in [0.2, 0.25) is 0 Å². The van der Waals surface area contributed by atoms with Crippen molar-refractivity contribution >= 4 is 11.9 Å². The molecular formula is C28H31NO7. The molecule has 2 N–H and O–H groups in total. The highest BCUT2D eigenvalue weighted by Gasteiger charge is 2.21. The van der Waals surface area contributed by atoms with E-state index >= 15 is 0 Å². The Morgan fingerprint density at radius 3 is 2.00 bits per heavy atom. The summed E-state index contributed by atoms with van der Waals surface area (Å²) in [6, 6.07) is 23.6. The number of carbonyl (C=O) groups excluding carboxylic acids is 1. The van der Waals surface area contributed by atoms with E-state index in [0.29, 0.717) is 36.9 Å². The molecule has 0 unspecified atom stereocenters. The van der Waals surface area contributed by atoms with Crippen molar-refractivity contribution in [2.45, 2.75) is 25.7 Å². The summed E-state index contributed by atoms with van der Waals surface area (Å²) in [7, 11) is 1.53. The first-order valence-electron chi connectivity index (χ1n) is 11.6. The van der Waals surface area contributed by atoms with Crippen molar-refractivity contribution in [3.8, 4) is 11.5 Å².